The van der Waals surface area contributed by atoms with E-state index in [1.807, 2.05) is 6.92 Å². The van der Waals surface area contributed by atoms with Crippen molar-refractivity contribution in [1.29, 1.82) is 0 Å². The highest BCUT2D eigenvalue weighted by molar-refractivity contribution is 7.80. The molecule has 5 nitrogen and oxygen atoms in total. The quantitative estimate of drug-likeness (QED) is 0.642. The summed E-state index contributed by atoms with van der Waals surface area (Å²) < 4.78 is 9.97. The second-order valence-corrected chi connectivity index (χ2v) is 4.21. The van der Waals surface area contributed by atoms with E-state index in [2.05, 4.69) is 10.6 Å². The fraction of sp³-hybridized carbons (Fsp3) is 0.385. The largest absolute Gasteiger partial charge is 0.497 e. The molecule has 0 aliphatic carbocycles. The van der Waals surface area contributed by atoms with E-state index in [1.165, 1.54) is 0 Å². The first kappa shape index (κ1) is 15.2. The topological polar surface area (TPSA) is 59.6 Å². The van der Waals surface area contributed by atoms with Crippen LogP contribution in [-0.2, 0) is 4.74 Å². The number of carbonyl (C=O) groups excluding carboxylic acids is 1. The molecule has 1 aromatic rings. The average Bonchev–Trinajstić information content (AvgIpc) is 2.39. The van der Waals surface area contributed by atoms with E-state index in [0.29, 0.717) is 6.61 Å². The van der Waals surface area contributed by atoms with Crippen LogP contribution in [0, 0.1) is 0 Å². The van der Waals surface area contributed by atoms with E-state index in [-0.39, 0.29) is 5.11 Å². The van der Waals surface area contributed by atoms with Gasteiger partial charge in [0.1, 0.15) is 5.75 Å². The number of alkyl carbamates (subject to hydrolysis) is 1. The average molecular weight is 282 g/mol. The third-order valence-corrected chi connectivity index (χ3v) is 2.50. The maximum absolute atomic E-state index is 11.3. The molecule has 2 N–H and O–H groups in total. The molecule has 1 aromatic carbocycles. The molecule has 0 aromatic heterocycles. The summed E-state index contributed by atoms with van der Waals surface area (Å²) in [6, 6.07) is 7.19. The van der Waals surface area contributed by atoms with Gasteiger partial charge in [-0.15, -0.1) is 0 Å². The molecule has 0 bridgehead atoms. The van der Waals surface area contributed by atoms with Gasteiger partial charge in [-0.3, -0.25) is 5.32 Å². The molecule has 19 heavy (non-hydrogen) atoms. The van der Waals surface area contributed by atoms with Gasteiger partial charge >= 0.3 is 6.09 Å². The molecule has 0 heterocycles. The molecule has 0 radical (unpaired) electrons. The Morgan fingerprint density at radius 3 is 2.58 bits per heavy atom. The van der Waals surface area contributed by atoms with Crippen molar-refractivity contribution >= 4 is 29.1 Å². The molecule has 0 aliphatic heterocycles. The number of thiocarbonyl (C=S) groups is 1. The molecule has 0 fully saturated rings. The normalized spacial score (nSPS) is 9.58. The summed E-state index contributed by atoms with van der Waals surface area (Å²) in [5.41, 5.74) is 0.764. The minimum atomic E-state index is -0.542. The van der Waals surface area contributed by atoms with Crippen molar-refractivity contribution in [2.45, 2.75) is 19.8 Å². The molecule has 6 heteroatoms. The van der Waals surface area contributed by atoms with Gasteiger partial charge in [-0.25, -0.2) is 4.79 Å². The van der Waals surface area contributed by atoms with E-state index >= 15 is 0 Å². The molecular formula is C13H18N2O3S. The number of methoxy groups -OCH3 is 1. The number of hydrogen-bond donors (Lipinski definition) is 2. The van der Waals surface area contributed by atoms with Crippen LogP contribution in [0.5, 0.6) is 5.75 Å². The first-order valence-electron chi connectivity index (χ1n) is 6.04. The number of benzene rings is 1. The zero-order chi connectivity index (χ0) is 14.1. The summed E-state index contributed by atoms with van der Waals surface area (Å²) in [5, 5.41) is 5.52. The zero-order valence-electron chi connectivity index (χ0n) is 11.1. The molecule has 0 atom stereocenters. The summed E-state index contributed by atoms with van der Waals surface area (Å²) >= 11 is 5.00. The Balaban J connectivity index is 2.35. The second-order valence-electron chi connectivity index (χ2n) is 3.80. The van der Waals surface area contributed by atoms with Gasteiger partial charge in [0.2, 0.25) is 0 Å². The minimum absolute atomic E-state index is 0.201. The van der Waals surface area contributed by atoms with E-state index in [0.717, 1.165) is 24.3 Å². The Morgan fingerprint density at radius 2 is 2.00 bits per heavy atom. The number of unbranched alkanes of at least 4 members (excludes halogenated alkanes) is 1. The summed E-state index contributed by atoms with van der Waals surface area (Å²) in [5.74, 6) is 0.753. The molecular weight excluding hydrogens is 264 g/mol. The summed E-state index contributed by atoms with van der Waals surface area (Å²) in [6.07, 6.45) is 1.27. The SMILES string of the molecule is CCCCOC(=O)NC(=S)Nc1ccc(OC)cc1. The lowest BCUT2D eigenvalue weighted by Gasteiger charge is -2.10. The van der Waals surface area contributed by atoms with Gasteiger partial charge in [0, 0.05) is 5.69 Å². The smallest absolute Gasteiger partial charge is 0.413 e. The minimum Gasteiger partial charge on any atom is -0.497 e. The first-order chi connectivity index (χ1) is 9.15. The Morgan fingerprint density at radius 1 is 1.32 bits per heavy atom. The van der Waals surface area contributed by atoms with Crippen LogP contribution in [0.2, 0.25) is 0 Å². The summed E-state index contributed by atoms with van der Waals surface area (Å²) in [4.78, 5) is 11.3. The Labute approximate surface area is 118 Å². The zero-order valence-corrected chi connectivity index (χ0v) is 11.9. The van der Waals surface area contributed by atoms with E-state index in [4.69, 9.17) is 21.7 Å². The number of anilines is 1. The van der Waals surface area contributed by atoms with Crippen LogP contribution in [-0.4, -0.2) is 24.9 Å². The monoisotopic (exact) mass is 282 g/mol. The van der Waals surface area contributed by atoms with Gasteiger partial charge in [0.15, 0.2) is 5.11 Å². The number of carbonyl (C=O) groups is 1. The highest BCUT2D eigenvalue weighted by Gasteiger charge is 2.05. The lowest BCUT2D eigenvalue weighted by atomic mass is 10.3. The standard InChI is InChI=1S/C13H18N2O3S/c1-3-4-9-18-13(16)15-12(19)14-10-5-7-11(17-2)8-6-10/h5-8H,3-4,9H2,1-2H3,(H2,14,15,16,19). The lowest BCUT2D eigenvalue weighted by Crippen LogP contribution is -2.34. The van der Waals surface area contributed by atoms with Crippen LogP contribution in [0.15, 0.2) is 24.3 Å². The van der Waals surface area contributed by atoms with Crippen LogP contribution in [0.3, 0.4) is 0 Å². The molecule has 0 aliphatic rings. The Hall–Kier alpha value is -1.82. The molecule has 0 saturated carbocycles. The Kier molecular flexibility index (Phi) is 6.67. The Bertz CT molecular complexity index is 420. The van der Waals surface area contributed by atoms with Gasteiger partial charge in [0.05, 0.1) is 13.7 Å². The highest BCUT2D eigenvalue weighted by Crippen LogP contribution is 2.14. The number of nitrogens with one attached hydrogen (secondary N) is 2. The molecule has 104 valence electrons. The van der Waals surface area contributed by atoms with Gasteiger partial charge in [0.25, 0.3) is 0 Å². The number of hydrogen-bond acceptors (Lipinski definition) is 4. The van der Waals surface area contributed by atoms with E-state index in [9.17, 15) is 4.79 Å². The molecule has 0 spiro atoms. The van der Waals surface area contributed by atoms with Gasteiger partial charge in [-0.2, -0.15) is 0 Å². The van der Waals surface area contributed by atoms with Crippen molar-refractivity contribution in [3.63, 3.8) is 0 Å². The number of rotatable bonds is 5. The maximum Gasteiger partial charge on any atom is 0.413 e. The van der Waals surface area contributed by atoms with Crippen LogP contribution in [0.4, 0.5) is 10.5 Å². The first-order valence-corrected chi connectivity index (χ1v) is 6.45. The van der Waals surface area contributed by atoms with Crippen LogP contribution >= 0.6 is 12.2 Å². The van der Waals surface area contributed by atoms with Crippen LogP contribution in [0.25, 0.3) is 0 Å². The van der Waals surface area contributed by atoms with E-state index in [1.54, 1.807) is 31.4 Å². The highest BCUT2D eigenvalue weighted by atomic mass is 32.1. The predicted octanol–water partition coefficient (Wildman–Crippen LogP) is 2.92. The van der Waals surface area contributed by atoms with Gasteiger partial charge < -0.3 is 14.8 Å². The van der Waals surface area contributed by atoms with Crippen molar-refractivity contribution in [2.75, 3.05) is 19.0 Å². The summed E-state index contributed by atoms with van der Waals surface area (Å²) in [6.45, 7) is 2.42. The van der Waals surface area contributed by atoms with Crippen molar-refractivity contribution in [2.24, 2.45) is 0 Å². The van der Waals surface area contributed by atoms with Gasteiger partial charge in [-0.1, -0.05) is 13.3 Å². The molecule has 0 saturated heterocycles. The van der Waals surface area contributed by atoms with Crippen LogP contribution in [0.1, 0.15) is 19.8 Å². The number of ether oxygens (including phenoxy) is 2. The van der Waals surface area contributed by atoms with E-state index < -0.39 is 6.09 Å². The fourth-order valence-electron chi connectivity index (χ4n) is 1.27. The molecule has 1 amide bonds. The second kappa shape index (κ2) is 8.31. The third-order valence-electron chi connectivity index (χ3n) is 2.29. The third kappa shape index (κ3) is 6.05. The van der Waals surface area contributed by atoms with Crippen LogP contribution < -0.4 is 15.4 Å². The molecule has 1 rings (SSSR count). The van der Waals surface area contributed by atoms with Crippen molar-refractivity contribution in [1.82, 2.24) is 5.32 Å². The van der Waals surface area contributed by atoms with Gasteiger partial charge in [-0.05, 0) is 42.9 Å². The fourth-order valence-corrected chi connectivity index (χ4v) is 1.48. The summed E-state index contributed by atoms with van der Waals surface area (Å²) in [7, 11) is 1.60. The van der Waals surface area contributed by atoms with Crippen molar-refractivity contribution < 1.29 is 14.3 Å². The predicted molar refractivity (Wildman–Crippen MR) is 78.6 cm³/mol. The molecule has 0 unspecified atom stereocenters. The number of amides is 1. The maximum atomic E-state index is 11.3. The van der Waals surface area contributed by atoms with Crippen molar-refractivity contribution in [3.8, 4) is 5.75 Å². The lowest BCUT2D eigenvalue weighted by molar-refractivity contribution is 0.150. The van der Waals surface area contributed by atoms with Crippen molar-refractivity contribution in [3.05, 3.63) is 24.3 Å².